The molecular formula is C15H18N2O3. The first-order chi connectivity index (χ1) is 9.74. The predicted molar refractivity (Wildman–Crippen MR) is 74.3 cm³/mol. The highest BCUT2D eigenvalue weighted by molar-refractivity contribution is 5.77. The van der Waals surface area contributed by atoms with Crippen molar-refractivity contribution in [2.24, 2.45) is 0 Å². The number of hydrogen-bond acceptors (Lipinski definition) is 4. The maximum Gasteiger partial charge on any atom is 0.352 e. The Hall–Kier alpha value is -2.30. The van der Waals surface area contributed by atoms with Crippen molar-refractivity contribution in [1.29, 1.82) is 0 Å². The second-order valence-electron chi connectivity index (χ2n) is 4.19. The molecular weight excluding hydrogens is 256 g/mol. The smallest absolute Gasteiger partial charge is 0.352 e. The number of hydrogen-bond donors (Lipinski definition) is 0. The normalized spacial score (nSPS) is 11.9. The summed E-state index contributed by atoms with van der Waals surface area (Å²) in [5, 5.41) is 4.13. The summed E-state index contributed by atoms with van der Waals surface area (Å²) in [5.74, 6) is 0.150. The molecule has 0 saturated heterocycles. The Labute approximate surface area is 118 Å². The maximum atomic E-state index is 12.0. The van der Waals surface area contributed by atoms with E-state index < -0.39 is 12.1 Å². The standard InChI is InChI=1S/C15H18N2O3/c1-3-17-11-13(10-16-17)20-14(15(18)19-4-2)12-8-6-5-7-9-12/h5-11,14H,3-4H2,1-2H3. The summed E-state index contributed by atoms with van der Waals surface area (Å²) >= 11 is 0. The van der Waals surface area contributed by atoms with Crippen LogP contribution in [0.1, 0.15) is 25.5 Å². The van der Waals surface area contributed by atoms with E-state index in [4.69, 9.17) is 9.47 Å². The van der Waals surface area contributed by atoms with Gasteiger partial charge in [-0.2, -0.15) is 5.10 Å². The van der Waals surface area contributed by atoms with Crippen molar-refractivity contribution >= 4 is 5.97 Å². The second-order valence-corrected chi connectivity index (χ2v) is 4.19. The number of benzene rings is 1. The molecule has 0 fully saturated rings. The molecule has 0 aliphatic heterocycles. The van der Waals surface area contributed by atoms with Gasteiger partial charge in [-0.3, -0.25) is 4.68 Å². The van der Waals surface area contributed by atoms with E-state index in [0.717, 1.165) is 12.1 Å². The summed E-state index contributed by atoms with van der Waals surface area (Å²) < 4.78 is 12.6. The number of aryl methyl sites for hydroxylation is 1. The fourth-order valence-electron chi connectivity index (χ4n) is 1.81. The molecule has 5 nitrogen and oxygen atoms in total. The Morgan fingerprint density at radius 1 is 1.30 bits per heavy atom. The number of ether oxygens (including phenoxy) is 2. The summed E-state index contributed by atoms with van der Waals surface area (Å²) in [5.41, 5.74) is 0.759. The van der Waals surface area contributed by atoms with Gasteiger partial charge in [-0.15, -0.1) is 0 Å². The summed E-state index contributed by atoms with van der Waals surface area (Å²) in [7, 11) is 0. The van der Waals surface area contributed by atoms with Crippen molar-refractivity contribution in [3.05, 3.63) is 48.3 Å². The zero-order chi connectivity index (χ0) is 14.4. The third kappa shape index (κ3) is 3.38. The van der Waals surface area contributed by atoms with Crippen LogP contribution in [0, 0.1) is 0 Å². The van der Waals surface area contributed by atoms with Crippen LogP contribution in [0.4, 0.5) is 0 Å². The number of aromatic nitrogens is 2. The van der Waals surface area contributed by atoms with Crippen LogP contribution >= 0.6 is 0 Å². The molecule has 106 valence electrons. The van der Waals surface area contributed by atoms with Crippen molar-refractivity contribution < 1.29 is 14.3 Å². The van der Waals surface area contributed by atoms with Crippen molar-refractivity contribution in [3.8, 4) is 5.75 Å². The SMILES string of the molecule is CCOC(=O)C(Oc1cnn(CC)c1)c1ccccc1. The van der Waals surface area contributed by atoms with Gasteiger partial charge in [0.25, 0.3) is 0 Å². The molecule has 0 aliphatic carbocycles. The Morgan fingerprint density at radius 3 is 2.65 bits per heavy atom. The van der Waals surface area contributed by atoms with Crippen LogP contribution in [0.5, 0.6) is 5.75 Å². The van der Waals surface area contributed by atoms with Gasteiger partial charge in [0, 0.05) is 12.1 Å². The minimum atomic E-state index is -0.773. The van der Waals surface area contributed by atoms with Gasteiger partial charge in [0.1, 0.15) is 0 Å². The van der Waals surface area contributed by atoms with Gasteiger partial charge in [-0.1, -0.05) is 30.3 Å². The lowest BCUT2D eigenvalue weighted by Gasteiger charge is -2.16. The average molecular weight is 274 g/mol. The number of rotatable bonds is 6. The molecule has 2 aromatic rings. The van der Waals surface area contributed by atoms with Gasteiger partial charge in [-0.05, 0) is 13.8 Å². The minimum absolute atomic E-state index is 0.319. The van der Waals surface area contributed by atoms with E-state index >= 15 is 0 Å². The van der Waals surface area contributed by atoms with E-state index in [1.165, 1.54) is 0 Å². The minimum Gasteiger partial charge on any atom is -0.471 e. The first-order valence-electron chi connectivity index (χ1n) is 6.65. The summed E-state index contributed by atoms with van der Waals surface area (Å²) in [4.78, 5) is 12.0. The van der Waals surface area contributed by atoms with E-state index in [2.05, 4.69) is 5.10 Å². The molecule has 0 spiro atoms. The van der Waals surface area contributed by atoms with Crippen LogP contribution in [0.25, 0.3) is 0 Å². The van der Waals surface area contributed by atoms with E-state index in [1.54, 1.807) is 24.0 Å². The van der Waals surface area contributed by atoms with Crippen LogP contribution in [0.15, 0.2) is 42.7 Å². The van der Waals surface area contributed by atoms with E-state index in [9.17, 15) is 4.79 Å². The molecule has 5 heteroatoms. The fraction of sp³-hybridized carbons (Fsp3) is 0.333. The van der Waals surface area contributed by atoms with Gasteiger partial charge in [0.05, 0.1) is 19.0 Å². The Morgan fingerprint density at radius 2 is 2.05 bits per heavy atom. The summed E-state index contributed by atoms with van der Waals surface area (Å²) in [6.45, 7) is 4.82. The highest BCUT2D eigenvalue weighted by atomic mass is 16.6. The van der Waals surface area contributed by atoms with Crippen LogP contribution < -0.4 is 4.74 Å². The molecule has 1 unspecified atom stereocenters. The Kier molecular flexibility index (Phi) is 4.76. The van der Waals surface area contributed by atoms with E-state index in [1.807, 2.05) is 37.3 Å². The molecule has 0 amide bonds. The predicted octanol–water partition coefficient (Wildman–Crippen LogP) is 2.59. The van der Waals surface area contributed by atoms with E-state index in [0.29, 0.717) is 12.4 Å². The molecule has 0 radical (unpaired) electrons. The Bertz CT molecular complexity index is 551. The molecule has 0 bridgehead atoms. The number of esters is 1. The molecule has 0 aliphatic rings. The lowest BCUT2D eigenvalue weighted by atomic mass is 10.1. The molecule has 0 N–H and O–H groups in total. The largest absolute Gasteiger partial charge is 0.471 e. The van der Waals surface area contributed by atoms with E-state index in [-0.39, 0.29) is 0 Å². The third-order valence-electron chi connectivity index (χ3n) is 2.79. The van der Waals surface area contributed by atoms with Gasteiger partial charge in [-0.25, -0.2) is 4.79 Å². The first-order valence-corrected chi connectivity index (χ1v) is 6.65. The number of carbonyl (C=O) groups excluding carboxylic acids is 1. The van der Waals surface area contributed by atoms with Gasteiger partial charge in [0.2, 0.25) is 6.10 Å². The third-order valence-corrected chi connectivity index (χ3v) is 2.79. The molecule has 2 rings (SSSR count). The second kappa shape index (κ2) is 6.75. The van der Waals surface area contributed by atoms with Crippen molar-refractivity contribution in [2.75, 3.05) is 6.61 Å². The first kappa shape index (κ1) is 14.1. The average Bonchev–Trinajstić information content (AvgIpc) is 2.93. The highest BCUT2D eigenvalue weighted by Crippen LogP contribution is 2.22. The quantitative estimate of drug-likeness (QED) is 0.760. The topological polar surface area (TPSA) is 53.4 Å². The Balaban J connectivity index is 2.20. The molecule has 0 saturated carbocycles. The van der Waals surface area contributed by atoms with Crippen molar-refractivity contribution in [1.82, 2.24) is 9.78 Å². The zero-order valence-corrected chi connectivity index (χ0v) is 11.7. The molecule has 1 heterocycles. The number of nitrogens with zero attached hydrogens (tertiary/aromatic N) is 2. The van der Waals surface area contributed by atoms with Gasteiger partial charge < -0.3 is 9.47 Å². The zero-order valence-electron chi connectivity index (χ0n) is 11.7. The highest BCUT2D eigenvalue weighted by Gasteiger charge is 2.24. The van der Waals surface area contributed by atoms with Gasteiger partial charge >= 0.3 is 5.97 Å². The van der Waals surface area contributed by atoms with Crippen molar-refractivity contribution in [2.45, 2.75) is 26.5 Å². The van der Waals surface area contributed by atoms with Crippen LogP contribution in [-0.2, 0) is 16.1 Å². The maximum absolute atomic E-state index is 12.0. The molecule has 1 aromatic carbocycles. The lowest BCUT2D eigenvalue weighted by molar-refractivity contribution is -0.151. The molecule has 1 atom stereocenters. The lowest BCUT2D eigenvalue weighted by Crippen LogP contribution is -2.21. The molecule has 1 aromatic heterocycles. The van der Waals surface area contributed by atoms with Crippen LogP contribution in [0.2, 0.25) is 0 Å². The van der Waals surface area contributed by atoms with Crippen LogP contribution in [0.3, 0.4) is 0 Å². The molecule has 20 heavy (non-hydrogen) atoms. The fourth-order valence-corrected chi connectivity index (χ4v) is 1.81. The summed E-state index contributed by atoms with van der Waals surface area (Å²) in [6.07, 6.45) is 2.58. The van der Waals surface area contributed by atoms with Gasteiger partial charge in [0.15, 0.2) is 5.75 Å². The van der Waals surface area contributed by atoms with Crippen molar-refractivity contribution in [3.63, 3.8) is 0 Å². The monoisotopic (exact) mass is 274 g/mol. The number of carbonyl (C=O) groups is 1. The summed E-state index contributed by atoms with van der Waals surface area (Å²) in [6, 6.07) is 9.29. The van der Waals surface area contributed by atoms with Crippen LogP contribution in [-0.4, -0.2) is 22.4 Å².